The lowest BCUT2D eigenvalue weighted by Gasteiger charge is -2.48. The van der Waals surface area contributed by atoms with Crippen molar-refractivity contribution in [1.29, 1.82) is 0 Å². The van der Waals surface area contributed by atoms with Crippen LogP contribution in [-0.4, -0.2) is 45.4 Å². The van der Waals surface area contributed by atoms with E-state index in [1.54, 1.807) is 35.7 Å². The van der Waals surface area contributed by atoms with Crippen LogP contribution in [0.1, 0.15) is 23.1 Å². The number of halogens is 3. The molecule has 3 rings (SSSR count). The van der Waals surface area contributed by atoms with Crippen LogP contribution in [-0.2, 0) is 10.2 Å². The molecule has 2 N–H and O–H groups in total. The number of pyridine rings is 1. The Kier molecular flexibility index (Phi) is 3.13. The van der Waals surface area contributed by atoms with Gasteiger partial charge in [-0.3, -0.25) is 9.59 Å². The number of alkyl halides is 3. The fourth-order valence-electron chi connectivity index (χ4n) is 3.01. The summed E-state index contributed by atoms with van der Waals surface area (Å²) in [4.78, 5) is 27.8. The third-order valence-electron chi connectivity index (χ3n) is 3.94. The lowest BCUT2D eigenvalue weighted by atomic mass is 9.77. The highest BCUT2D eigenvalue weighted by Crippen LogP contribution is 2.38. The Balaban J connectivity index is 2.00. The van der Waals surface area contributed by atoms with E-state index in [2.05, 4.69) is 4.98 Å². The highest BCUT2D eigenvalue weighted by molar-refractivity contribution is 5.93. The van der Waals surface area contributed by atoms with Crippen LogP contribution in [0.2, 0.25) is 0 Å². The molecule has 0 spiro atoms. The van der Waals surface area contributed by atoms with Crippen molar-refractivity contribution in [2.75, 3.05) is 13.1 Å². The van der Waals surface area contributed by atoms with E-state index in [4.69, 9.17) is 5.73 Å². The molecule has 0 saturated carbocycles. The Morgan fingerprint density at radius 3 is 2.52 bits per heavy atom. The molecule has 1 saturated heterocycles. The Morgan fingerprint density at radius 2 is 1.96 bits per heavy atom. The zero-order chi connectivity index (χ0) is 17.0. The minimum atomic E-state index is -4.91. The molecule has 23 heavy (non-hydrogen) atoms. The largest absolute Gasteiger partial charge is 0.471 e. The van der Waals surface area contributed by atoms with E-state index in [1.165, 1.54) is 0 Å². The lowest BCUT2D eigenvalue weighted by Crippen LogP contribution is -2.63. The zero-order valence-electron chi connectivity index (χ0n) is 12.1. The zero-order valence-corrected chi connectivity index (χ0v) is 12.1. The van der Waals surface area contributed by atoms with E-state index in [9.17, 15) is 22.8 Å². The van der Waals surface area contributed by atoms with Crippen molar-refractivity contribution in [3.05, 3.63) is 35.8 Å². The smallest absolute Gasteiger partial charge is 0.364 e. The molecule has 1 fully saturated rings. The first-order chi connectivity index (χ1) is 10.6. The topological polar surface area (TPSA) is 80.7 Å². The SMILES string of the molecule is CC1(c2c(C(N)=O)nc3ccccn23)CN(C(=O)C(F)(F)F)C1. The van der Waals surface area contributed by atoms with Crippen molar-refractivity contribution < 1.29 is 22.8 Å². The van der Waals surface area contributed by atoms with Crippen molar-refractivity contribution in [3.8, 4) is 0 Å². The standard InChI is InChI=1S/C14H13F3N4O2/c1-13(6-20(7-13)12(23)14(15,16)17)10-9(11(18)22)19-8-4-2-3-5-21(8)10/h2-5H,6-7H2,1H3,(H2,18,22). The molecule has 2 aromatic rings. The minimum Gasteiger partial charge on any atom is -0.364 e. The molecule has 0 unspecified atom stereocenters. The molecule has 0 aromatic carbocycles. The average Bonchev–Trinajstić information content (AvgIpc) is 2.82. The van der Waals surface area contributed by atoms with Crippen LogP contribution in [0.5, 0.6) is 0 Å². The van der Waals surface area contributed by atoms with Gasteiger partial charge in [-0.2, -0.15) is 13.2 Å². The van der Waals surface area contributed by atoms with Crippen LogP contribution in [0.15, 0.2) is 24.4 Å². The number of aromatic nitrogens is 2. The minimum absolute atomic E-state index is 0.0119. The normalized spacial score (nSPS) is 17.1. The number of rotatable bonds is 2. The third kappa shape index (κ3) is 2.32. The van der Waals surface area contributed by atoms with Crippen LogP contribution in [0.25, 0.3) is 5.65 Å². The number of hydrogen-bond acceptors (Lipinski definition) is 3. The number of fused-ring (bicyclic) bond motifs is 1. The van der Waals surface area contributed by atoms with Gasteiger partial charge in [0.2, 0.25) is 0 Å². The molecule has 0 bridgehead atoms. The number of carbonyl (C=O) groups excluding carboxylic acids is 2. The number of amides is 2. The number of imidazole rings is 1. The fraction of sp³-hybridized carbons (Fsp3) is 0.357. The number of likely N-dealkylation sites (tertiary alicyclic amines) is 1. The van der Waals surface area contributed by atoms with Gasteiger partial charge in [-0.25, -0.2) is 4.98 Å². The van der Waals surface area contributed by atoms with E-state index in [0.29, 0.717) is 16.2 Å². The molecule has 0 radical (unpaired) electrons. The van der Waals surface area contributed by atoms with Crippen LogP contribution >= 0.6 is 0 Å². The number of nitrogens with zero attached hydrogens (tertiary/aromatic N) is 3. The summed E-state index contributed by atoms with van der Waals surface area (Å²) < 4.78 is 39.1. The highest BCUT2D eigenvalue weighted by Gasteiger charge is 2.53. The molecule has 0 atom stereocenters. The van der Waals surface area contributed by atoms with Crippen LogP contribution in [0.4, 0.5) is 13.2 Å². The fourth-order valence-corrected chi connectivity index (χ4v) is 3.01. The molecule has 1 aliphatic heterocycles. The summed E-state index contributed by atoms with van der Waals surface area (Å²) in [6.07, 6.45) is -3.25. The first kappa shape index (κ1) is 15.3. The van der Waals surface area contributed by atoms with Gasteiger partial charge in [-0.05, 0) is 12.1 Å². The molecule has 6 nitrogen and oxygen atoms in total. The second-order valence-corrected chi connectivity index (χ2v) is 5.82. The number of nitrogens with two attached hydrogens (primary N) is 1. The molecular formula is C14H13F3N4O2. The summed E-state index contributed by atoms with van der Waals surface area (Å²) in [5, 5.41) is 0. The van der Waals surface area contributed by atoms with Gasteiger partial charge < -0.3 is 15.0 Å². The van der Waals surface area contributed by atoms with Crippen molar-refractivity contribution in [2.24, 2.45) is 5.73 Å². The molecule has 0 aliphatic carbocycles. The molecule has 9 heteroatoms. The summed E-state index contributed by atoms with van der Waals surface area (Å²) >= 11 is 0. The molecular weight excluding hydrogens is 313 g/mol. The molecule has 3 heterocycles. The lowest BCUT2D eigenvalue weighted by molar-refractivity contribution is -0.192. The Labute approximate surface area is 128 Å². The van der Waals surface area contributed by atoms with E-state index in [0.717, 1.165) is 0 Å². The second kappa shape index (κ2) is 4.71. The van der Waals surface area contributed by atoms with Gasteiger partial charge in [0, 0.05) is 24.7 Å². The van der Waals surface area contributed by atoms with E-state index < -0.39 is 23.4 Å². The predicted molar refractivity (Wildman–Crippen MR) is 73.7 cm³/mol. The van der Waals surface area contributed by atoms with Gasteiger partial charge in [0.05, 0.1) is 5.69 Å². The van der Waals surface area contributed by atoms with E-state index in [-0.39, 0.29) is 18.8 Å². The van der Waals surface area contributed by atoms with Crippen LogP contribution < -0.4 is 5.73 Å². The summed E-state index contributed by atoms with van der Waals surface area (Å²) in [6, 6.07) is 5.10. The summed E-state index contributed by atoms with van der Waals surface area (Å²) in [5.41, 5.74) is 5.42. The maximum absolute atomic E-state index is 12.5. The summed E-state index contributed by atoms with van der Waals surface area (Å²) in [5.74, 6) is -2.64. The molecule has 2 amide bonds. The molecule has 1 aliphatic rings. The van der Waals surface area contributed by atoms with Crippen molar-refractivity contribution in [2.45, 2.75) is 18.5 Å². The van der Waals surface area contributed by atoms with Gasteiger partial charge in [0.25, 0.3) is 5.91 Å². The number of primary amides is 1. The Morgan fingerprint density at radius 1 is 1.30 bits per heavy atom. The van der Waals surface area contributed by atoms with Crippen molar-refractivity contribution >= 4 is 17.5 Å². The number of hydrogen-bond donors (Lipinski definition) is 1. The third-order valence-corrected chi connectivity index (χ3v) is 3.94. The van der Waals surface area contributed by atoms with Crippen LogP contribution in [0, 0.1) is 0 Å². The molecule has 2 aromatic heterocycles. The average molecular weight is 326 g/mol. The van der Waals surface area contributed by atoms with Gasteiger partial charge in [-0.15, -0.1) is 0 Å². The maximum Gasteiger partial charge on any atom is 0.471 e. The van der Waals surface area contributed by atoms with Gasteiger partial charge >= 0.3 is 12.1 Å². The Hall–Kier alpha value is -2.58. The first-order valence-electron chi connectivity index (χ1n) is 6.77. The highest BCUT2D eigenvalue weighted by atomic mass is 19.4. The molecule has 122 valence electrons. The quantitative estimate of drug-likeness (QED) is 0.897. The summed E-state index contributed by atoms with van der Waals surface area (Å²) in [7, 11) is 0. The Bertz CT molecular complexity index is 806. The van der Waals surface area contributed by atoms with Crippen molar-refractivity contribution in [1.82, 2.24) is 14.3 Å². The van der Waals surface area contributed by atoms with Gasteiger partial charge in [0.1, 0.15) is 5.65 Å². The van der Waals surface area contributed by atoms with Gasteiger partial charge in [-0.1, -0.05) is 13.0 Å². The van der Waals surface area contributed by atoms with Crippen LogP contribution in [0.3, 0.4) is 0 Å². The summed E-state index contributed by atoms with van der Waals surface area (Å²) in [6.45, 7) is 1.36. The van der Waals surface area contributed by atoms with E-state index in [1.807, 2.05) is 0 Å². The predicted octanol–water partition coefficient (Wildman–Crippen LogP) is 1.10. The van der Waals surface area contributed by atoms with Crippen molar-refractivity contribution in [3.63, 3.8) is 0 Å². The van der Waals surface area contributed by atoms with Gasteiger partial charge in [0.15, 0.2) is 5.69 Å². The first-order valence-corrected chi connectivity index (χ1v) is 6.77. The monoisotopic (exact) mass is 326 g/mol. The maximum atomic E-state index is 12.5. The second-order valence-electron chi connectivity index (χ2n) is 5.82. The van der Waals surface area contributed by atoms with E-state index >= 15 is 0 Å². The number of carbonyl (C=O) groups is 2.